The summed E-state index contributed by atoms with van der Waals surface area (Å²) in [7, 11) is 5.16. The van der Waals surface area contributed by atoms with E-state index in [0.717, 1.165) is 0 Å². The lowest BCUT2D eigenvalue weighted by Crippen LogP contribution is -2.53. The van der Waals surface area contributed by atoms with Gasteiger partial charge in [0.25, 0.3) is 11.8 Å². The minimum atomic E-state index is -0.427. The average molecular weight is 470 g/mol. The van der Waals surface area contributed by atoms with Gasteiger partial charge >= 0.3 is 0 Å². The van der Waals surface area contributed by atoms with Crippen LogP contribution in [0, 0.1) is 5.82 Å². The summed E-state index contributed by atoms with van der Waals surface area (Å²) in [5, 5.41) is 2.74. The van der Waals surface area contributed by atoms with Crippen LogP contribution in [0.15, 0.2) is 42.5 Å². The van der Waals surface area contributed by atoms with Gasteiger partial charge in [0.1, 0.15) is 24.3 Å². The van der Waals surface area contributed by atoms with Gasteiger partial charge in [0.15, 0.2) is 0 Å². The summed E-state index contributed by atoms with van der Waals surface area (Å²) >= 11 is 0. The zero-order valence-corrected chi connectivity index (χ0v) is 19.4. The molecule has 34 heavy (non-hydrogen) atoms. The highest BCUT2D eigenvalue weighted by atomic mass is 19.1. The van der Waals surface area contributed by atoms with Gasteiger partial charge in [0, 0.05) is 32.4 Å². The average Bonchev–Trinajstić information content (AvgIpc) is 2.82. The summed E-state index contributed by atoms with van der Waals surface area (Å²) in [6, 6.07) is 9.88. The molecule has 8 nitrogen and oxygen atoms in total. The van der Waals surface area contributed by atoms with Crippen molar-refractivity contribution in [1.29, 1.82) is 0 Å². The lowest BCUT2D eigenvalue weighted by molar-refractivity contribution is -0.140. The molecule has 4 rings (SSSR count). The summed E-state index contributed by atoms with van der Waals surface area (Å²) in [6.45, 7) is 0.239. The van der Waals surface area contributed by atoms with Crippen LogP contribution in [0.3, 0.4) is 0 Å². The maximum atomic E-state index is 13.3. The van der Waals surface area contributed by atoms with Gasteiger partial charge in [0.05, 0.1) is 24.1 Å². The molecule has 0 aromatic heterocycles. The summed E-state index contributed by atoms with van der Waals surface area (Å²) < 4.78 is 25.2. The Balaban J connectivity index is 1.50. The van der Waals surface area contributed by atoms with E-state index in [9.17, 15) is 18.8 Å². The Hall–Kier alpha value is -3.46. The highest BCUT2D eigenvalue weighted by Crippen LogP contribution is 2.32. The van der Waals surface area contributed by atoms with Crippen molar-refractivity contribution in [3.8, 4) is 5.75 Å². The topological polar surface area (TPSA) is 88.2 Å². The number of amides is 3. The number of fused-ring (bicyclic) bond motifs is 2. The van der Waals surface area contributed by atoms with Gasteiger partial charge in [-0.25, -0.2) is 4.39 Å². The minimum absolute atomic E-state index is 0.000188. The standard InChI is InChI=1S/C25H28FN3O5/c1-28(2)23(30)13-18-9-10-20-22(34-18)14-33-21-11-8-17(12-19(21)25(32)29(20)3)27-24(31)15-4-6-16(26)7-5-15/h4-8,11-12,18,20,22H,9-10,13-14H2,1-3H3,(H,27,31)/t18-,20-,22-/m0/s1. The molecule has 0 bridgehead atoms. The van der Waals surface area contributed by atoms with E-state index in [1.807, 2.05) is 0 Å². The zero-order valence-electron chi connectivity index (χ0n) is 19.4. The first-order chi connectivity index (χ1) is 16.2. The monoisotopic (exact) mass is 469 g/mol. The predicted octanol–water partition coefficient (Wildman–Crippen LogP) is 2.94. The molecule has 1 fully saturated rings. The third kappa shape index (κ3) is 5.04. The van der Waals surface area contributed by atoms with E-state index in [-0.39, 0.29) is 36.7 Å². The van der Waals surface area contributed by atoms with Crippen LogP contribution in [0.5, 0.6) is 5.75 Å². The number of nitrogens with one attached hydrogen (secondary N) is 1. The third-order valence-corrected chi connectivity index (χ3v) is 6.28. The van der Waals surface area contributed by atoms with Gasteiger partial charge < -0.3 is 24.6 Å². The summed E-state index contributed by atoms with van der Waals surface area (Å²) in [6.07, 6.45) is 1.08. The number of halogens is 1. The summed E-state index contributed by atoms with van der Waals surface area (Å²) in [4.78, 5) is 41.1. The molecule has 2 aromatic rings. The van der Waals surface area contributed by atoms with E-state index < -0.39 is 11.7 Å². The Morgan fingerprint density at radius 3 is 2.59 bits per heavy atom. The number of hydrogen-bond donors (Lipinski definition) is 1. The lowest BCUT2D eigenvalue weighted by Gasteiger charge is -2.42. The molecule has 2 aliphatic heterocycles. The number of anilines is 1. The molecule has 9 heteroatoms. The molecule has 0 aliphatic carbocycles. The Morgan fingerprint density at radius 1 is 1.15 bits per heavy atom. The van der Waals surface area contributed by atoms with Gasteiger partial charge in [-0.2, -0.15) is 0 Å². The van der Waals surface area contributed by atoms with Crippen molar-refractivity contribution in [2.75, 3.05) is 33.1 Å². The van der Waals surface area contributed by atoms with E-state index in [1.54, 1.807) is 49.1 Å². The maximum Gasteiger partial charge on any atom is 0.257 e. The Morgan fingerprint density at radius 2 is 1.88 bits per heavy atom. The van der Waals surface area contributed by atoms with Gasteiger partial charge in [-0.05, 0) is 55.3 Å². The fourth-order valence-corrected chi connectivity index (χ4v) is 4.29. The van der Waals surface area contributed by atoms with Crippen molar-refractivity contribution in [2.45, 2.75) is 37.5 Å². The van der Waals surface area contributed by atoms with Crippen molar-refractivity contribution in [2.24, 2.45) is 0 Å². The first kappa shape index (κ1) is 23.7. The maximum absolute atomic E-state index is 13.3. The van der Waals surface area contributed by atoms with Crippen LogP contribution in [0.25, 0.3) is 0 Å². The second-order valence-corrected chi connectivity index (χ2v) is 8.83. The molecule has 3 atom stereocenters. The first-order valence-corrected chi connectivity index (χ1v) is 11.2. The van der Waals surface area contributed by atoms with Crippen LogP contribution >= 0.6 is 0 Å². The third-order valence-electron chi connectivity index (χ3n) is 6.28. The van der Waals surface area contributed by atoms with Crippen molar-refractivity contribution in [3.05, 3.63) is 59.4 Å². The Labute approximate surface area is 197 Å². The van der Waals surface area contributed by atoms with Gasteiger partial charge in [-0.15, -0.1) is 0 Å². The largest absolute Gasteiger partial charge is 0.490 e. The van der Waals surface area contributed by atoms with Crippen molar-refractivity contribution >= 4 is 23.4 Å². The van der Waals surface area contributed by atoms with Crippen LogP contribution in [-0.2, 0) is 9.53 Å². The molecule has 180 valence electrons. The number of rotatable bonds is 4. The molecular weight excluding hydrogens is 441 g/mol. The second kappa shape index (κ2) is 9.80. The molecule has 1 N–H and O–H groups in total. The number of nitrogens with zero attached hydrogens (tertiary/aromatic N) is 2. The van der Waals surface area contributed by atoms with Crippen LogP contribution in [0.1, 0.15) is 40.0 Å². The lowest BCUT2D eigenvalue weighted by atomic mass is 9.94. The zero-order chi connectivity index (χ0) is 24.4. The van der Waals surface area contributed by atoms with E-state index in [2.05, 4.69) is 5.32 Å². The SMILES string of the molecule is CN(C)C(=O)C[C@@H]1CC[C@H]2[C@H](COc3ccc(NC(=O)c4ccc(F)cc4)cc3C(=O)N2C)O1. The Kier molecular flexibility index (Phi) is 6.83. The van der Waals surface area contributed by atoms with E-state index in [0.29, 0.717) is 41.8 Å². The van der Waals surface area contributed by atoms with Crippen LogP contribution < -0.4 is 10.1 Å². The Bertz CT molecular complexity index is 1090. The minimum Gasteiger partial charge on any atom is -0.490 e. The highest BCUT2D eigenvalue weighted by Gasteiger charge is 2.39. The van der Waals surface area contributed by atoms with Gasteiger partial charge in [-0.3, -0.25) is 14.4 Å². The van der Waals surface area contributed by atoms with E-state index >= 15 is 0 Å². The molecule has 0 radical (unpaired) electrons. The normalized spacial score (nSPS) is 21.9. The molecular formula is C25H28FN3O5. The van der Waals surface area contributed by atoms with Crippen molar-refractivity contribution in [3.63, 3.8) is 0 Å². The molecule has 0 unspecified atom stereocenters. The number of ether oxygens (including phenoxy) is 2. The first-order valence-electron chi connectivity index (χ1n) is 11.2. The highest BCUT2D eigenvalue weighted by molar-refractivity contribution is 6.05. The van der Waals surface area contributed by atoms with Gasteiger partial charge in [-0.1, -0.05) is 0 Å². The molecule has 0 saturated carbocycles. The predicted molar refractivity (Wildman–Crippen MR) is 123 cm³/mol. The van der Waals surface area contributed by atoms with E-state index in [1.165, 1.54) is 24.3 Å². The van der Waals surface area contributed by atoms with Crippen molar-refractivity contribution < 1.29 is 28.2 Å². The smallest absolute Gasteiger partial charge is 0.257 e. The molecule has 1 saturated heterocycles. The molecule has 2 aliphatic rings. The fourth-order valence-electron chi connectivity index (χ4n) is 4.29. The number of carbonyl (C=O) groups excluding carboxylic acids is 3. The molecule has 2 aromatic carbocycles. The second-order valence-electron chi connectivity index (χ2n) is 8.83. The molecule has 2 heterocycles. The fraction of sp³-hybridized carbons (Fsp3) is 0.400. The van der Waals surface area contributed by atoms with Crippen LogP contribution in [-0.4, -0.2) is 73.5 Å². The quantitative estimate of drug-likeness (QED) is 0.744. The summed E-state index contributed by atoms with van der Waals surface area (Å²) in [5.74, 6) is -0.685. The number of hydrogen-bond acceptors (Lipinski definition) is 5. The number of benzene rings is 2. The van der Waals surface area contributed by atoms with Crippen molar-refractivity contribution in [1.82, 2.24) is 9.80 Å². The molecule has 3 amide bonds. The number of carbonyl (C=O) groups is 3. The van der Waals surface area contributed by atoms with E-state index in [4.69, 9.17) is 9.47 Å². The van der Waals surface area contributed by atoms with Crippen LogP contribution in [0.2, 0.25) is 0 Å². The molecule has 0 spiro atoms. The summed E-state index contributed by atoms with van der Waals surface area (Å²) in [5.41, 5.74) is 1.07. The van der Waals surface area contributed by atoms with Gasteiger partial charge in [0.2, 0.25) is 5.91 Å². The number of likely N-dealkylation sites (N-methyl/N-ethyl adjacent to an activating group) is 1. The van der Waals surface area contributed by atoms with Crippen LogP contribution in [0.4, 0.5) is 10.1 Å².